The highest BCUT2D eigenvalue weighted by molar-refractivity contribution is 7.99. The maximum absolute atomic E-state index is 12.7. The van der Waals surface area contributed by atoms with Crippen LogP contribution in [0.5, 0.6) is 0 Å². The smallest absolute Gasteiger partial charge is 0.196 e. The first-order valence-electron chi connectivity index (χ1n) is 9.07. The minimum Gasteiger partial charge on any atom is -0.362 e. The number of nitrogens with zero attached hydrogens (tertiary/aromatic N) is 4. The van der Waals surface area contributed by atoms with Crippen LogP contribution in [0.1, 0.15) is 21.7 Å². The summed E-state index contributed by atoms with van der Waals surface area (Å²) < 4.78 is 1.85. The number of hydrogen-bond acceptors (Lipinski definition) is 5. The van der Waals surface area contributed by atoms with E-state index >= 15 is 0 Å². The van der Waals surface area contributed by atoms with E-state index in [1.807, 2.05) is 42.7 Å². The van der Waals surface area contributed by atoms with Gasteiger partial charge in [-0.15, -0.1) is 10.2 Å². The summed E-state index contributed by atoms with van der Waals surface area (Å²) in [6.07, 6.45) is 3.41. The van der Waals surface area contributed by atoms with Gasteiger partial charge in [0.05, 0.1) is 21.5 Å². The SMILES string of the molecule is Cc1cc(C(=O)CSc2nnc(-c3cccnc3)n2-c2ccc(Cl)c(Cl)c2)c(C)[nH]1. The van der Waals surface area contributed by atoms with Gasteiger partial charge in [0.1, 0.15) is 0 Å². The Kier molecular flexibility index (Phi) is 5.94. The minimum atomic E-state index is 0.0217. The van der Waals surface area contributed by atoms with Crippen molar-refractivity contribution in [2.75, 3.05) is 5.75 Å². The largest absolute Gasteiger partial charge is 0.362 e. The van der Waals surface area contributed by atoms with Gasteiger partial charge < -0.3 is 4.98 Å². The van der Waals surface area contributed by atoms with Crippen LogP contribution in [0.3, 0.4) is 0 Å². The molecule has 0 bridgehead atoms. The van der Waals surface area contributed by atoms with Gasteiger partial charge in [-0.3, -0.25) is 14.3 Å². The van der Waals surface area contributed by atoms with E-state index in [9.17, 15) is 4.79 Å². The summed E-state index contributed by atoms with van der Waals surface area (Å²) in [6, 6.07) is 10.9. The Balaban J connectivity index is 1.71. The lowest BCUT2D eigenvalue weighted by Crippen LogP contribution is -2.05. The summed E-state index contributed by atoms with van der Waals surface area (Å²) in [5.41, 5.74) is 4.05. The van der Waals surface area contributed by atoms with Crippen molar-refractivity contribution < 1.29 is 4.79 Å². The predicted octanol–water partition coefficient (Wildman–Crippen LogP) is 5.56. The molecule has 0 spiro atoms. The van der Waals surface area contributed by atoms with Crippen molar-refractivity contribution in [2.45, 2.75) is 19.0 Å². The molecule has 0 atom stereocenters. The molecule has 0 aliphatic rings. The predicted molar refractivity (Wildman–Crippen MR) is 120 cm³/mol. The first kappa shape index (κ1) is 20.7. The van der Waals surface area contributed by atoms with Gasteiger partial charge in [-0.25, -0.2) is 0 Å². The van der Waals surface area contributed by atoms with E-state index < -0.39 is 0 Å². The number of carbonyl (C=O) groups is 1. The molecule has 3 aromatic heterocycles. The Morgan fingerprint density at radius 3 is 2.63 bits per heavy atom. The quantitative estimate of drug-likeness (QED) is 0.303. The van der Waals surface area contributed by atoms with Crippen molar-refractivity contribution in [3.63, 3.8) is 0 Å². The summed E-state index contributed by atoms with van der Waals surface area (Å²) in [5.74, 6) is 0.850. The Labute approximate surface area is 187 Å². The second-order valence-corrected chi connectivity index (χ2v) is 8.44. The zero-order chi connectivity index (χ0) is 21.3. The fourth-order valence-corrected chi connectivity index (χ4v) is 4.25. The van der Waals surface area contributed by atoms with E-state index in [0.29, 0.717) is 26.6 Å². The lowest BCUT2D eigenvalue weighted by atomic mass is 10.2. The molecule has 30 heavy (non-hydrogen) atoms. The summed E-state index contributed by atoms with van der Waals surface area (Å²) >= 11 is 13.7. The molecule has 9 heteroatoms. The molecule has 1 N–H and O–H groups in total. The average molecular weight is 458 g/mol. The van der Waals surface area contributed by atoms with Crippen LogP contribution in [-0.2, 0) is 0 Å². The number of pyridine rings is 1. The number of aryl methyl sites for hydroxylation is 2. The summed E-state index contributed by atoms with van der Waals surface area (Å²) in [4.78, 5) is 20.1. The first-order chi connectivity index (χ1) is 14.4. The third-order valence-electron chi connectivity index (χ3n) is 4.50. The number of nitrogens with one attached hydrogen (secondary N) is 1. The Bertz CT molecular complexity index is 1220. The number of carbonyl (C=O) groups excluding carboxylic acids is 1. The van der Waals surface area contributed by atoms with E-state index in [1.54, 1.807) is 24.5 Å². The number of thioether (sulfide) groups is 1. The zero-order valence-corrected chi connectivity index (χ0v) is 18.5. The van der Waals surface area contributed by atoms with Gasteiger partial charge in [0.2, 0.25) is 0 Å². The van der Waals surface area contributed by atoms with E-state index in [4.69, 9.17) is 23.2 Å². The summed E-state index contributed by atoms with van der Waals surface area (Å²) in [5, 5.41) is 10.1. The van der Waals surface area contributed by atoms with Crippen LogP contribution in [0.4, 0.5) is 0 Å². The number of ketones is 1. The number of hydrogen-bond donors (Lipinski definition) is 1. The van der Waals surface area contributed by atoms with Crippen LogP contribution in [-0.4, -0.2) is 36.3 Å². The van der Waals surface area contributed by atoms with Gasteiger partial charge >= 0.3 is 0 Å². The van der Waals surface area contributed by atoms with Gasteiger partial charge in [-0.05, 0) is 50.2 Å². The van der Waals surface area contributed by atoms with E-state index in [0.717, 1.165) is 22.6 Å². The highest BCUT2D eigenvalue weighted by atomic mass is 35.5. The number of aromatic nitrogens is 5. The maximum atomic E-state index is 12.7. The first-order valence-corrected chi connectivity index (χ1v) is 10.8. The summed E-state index contributed by atoms with van der Waals surface area (Å²) in [7, 11) is 0. The van der Waals surface area contributed by atoms with Gasteiger partial charge in [0.25, 0.3) is 0 Å². The number of H-pyrrole nitrogens is 1. The van der Waals surface area contributed by atoms with Crippen molar-refractivity contribution in [1.29, 1.82) is 0 Å². The van der Waals surface area contributed by atoms with Gasteiger partial charge in [0.15, 0.2) is 16.8 Å². The maximum Gasteiger partial charge on any atom is 0.196 e. The number of rotatable bonds is 6. The monoisotopic (exact) mass is 457 g/mol. The molecule has 0 aliphatic heterocycles. The van der Waals surface area contributed by atoms with E-state index in [-0.39, 0.29) is 11.5 Å². The summed E-state index contributed by atoms with van der Waals surface area (Å²) in [6.45, 7) is 3.82. The van der Waals surface area contributed by atoms with Crippen LogP contribution >= 0.6 is 35.0 Å². The molecule has 0 fully saturated rings. The number of benzene rings is 1. The molecule has 0 saturated heterocycles. The number of aromatic amines is 1. The third-order valence-corrected chi connectivity index (χ3v) is 6.16. The van der Waals surface area contributed by atoms with Crippen molar-refractivity contribution in [3.8, 4) is 17.1 Å². The average Bonchev–Trinajstić information content (AvgIpc) is 3.31. The second-order valence-electron chi connectivity index (χ2n) is 6.68. The number of halogens is 2. The second kappa shape index (κ2) is 8.63. The molecule has 152 valence electrons. The van der Waals surface area contributed by atoms with Crippen molar-refractivity contribution in [3.05, 3.63) is 75.8 Å². The molecule has 0 saturated carbocycles. The van der Waals surface area contributed by atoms with Crippen LogP contribution in [0, 0.1) is 13.8 Å². The topological polar surface area (TPSA) is 76.5 Å². The molecule has 1 aromatic carbocycles. The molecule has 0 amide bonds. The lowest BCUT2D eigenvalue weighted by Gasteiger charge is -2.11. The van der Waals surface area contributed by atoms with Gasteiger partial charge in [-0.2, -0.15) is 0 Å². The molecule has 3 heterocycles. The Hall–Kier alpha value is -2.61. The Morgan fingerprint density at radius 1 is 1.13 bits per heavy atom. The molecular formula is C21H17Cl2N5OS. The fourth-order valence-electron chi connectivity index (χ4n) is 3.12. The normalized spacial score (nSPS) is 11.1. The molecule has 4 aromatic rings. The molecule has 0 aliphatic carbocycles. The Morgan fingerprint density at radius 2 is 1.97 bits per heavy atom. The zero-order valence-electron chi connectivity index (χ0n) is 16.2. The highest BCUT2D eigenvalue weighted by Gasteiger charge is 2.19. The van der Waals surface area contributed by atoms with Crippen LogP contribution in [0.2, 0.25) is 10.0 Å². The standard InChI is InChI=1S/C21H17Cl2N5OS/c1-12-8-16(13(2)25-12)19(29)11-30-21-27-26-20(14-4-3-7-24-10-14)28(21)15-5-6-17(22)18(23)9-15/h3-10,25H,11H2,1-2H3. The van der Waals surface area contributed by atoms with Crippen LogP contribution in [0.25, 0.3) is 17.1 Å². The molecular weight excluding hydrogens is 441 g/mol. The molecule has 6 nitrogen and oxygen atoms in total. The number of Topliss-reactive ketones (excluding diaryl/α,β-unsaturated/α-hetero) is 1. The third kappa shape index (κ3) is 4.14. The molecule has 4 rings (SSSR count). The lowest BCUT2D eigenvalue weighted by molar-refractivity contribution is 0.102. The highest BCUT2D eigenvalue weighted by Crippen LogP contribution is 2.31. The van der Waals surface area contributed by atoms with E-state index in [2.05, 4.69) is 20.2 Å². The van der Waals surface area contributed by atoms with Crippen LogP contribution < -0.4 is 0 Å². The molecule has 0 unspecified atom stereocenters. The minimum absolute atomic E-state index is 0.0217. The fraction of sp³-hybridized carbons (Fsp3) is 0.143. The van der Waals surface area contributed by atoms with Crippen molar-refractivity contribution in [1.82, 2.24) is 24.7 Å². The van der Waals surface area contributed by atoms with Crippen molar-refractivity contribution >= 4 is 40.7 Å². The van der Waals surface area contributed by atoms with Crippen molar-refractivity contribution in [2.24, 2.45) is 0 Å². The molecule has 0 radical (unpaired) electrons. The van der Waals surface area contributed by atoms with E-state index in [1.165, 1.54) is 11.8 Å². The van der Waals surface area contributed by atoms with Gasteiger partial charge in [-0.1, -0.05) is 35.0 Å². The van der Waals surface area contributed by atoms with Gasteiger partial charge in [0, 0.05) is 34.9 Å². The van der Waals surface area contributed by atoms with Crippen LogP contribution in [0.15, 0.2) is 53.9 Å².